The van der Waals surface area contributed by atoms with Crippen LogP contribution < -0.4 is 10.1 Å². The van der Waals surface area contributed by atoms with Crippen molar-refractivity contribution in [2.75, 3.05) is 11.9 Å². The first-order valence-electron chi connectivity index (χ1n) is 6.98. The van der Waals surface area contributed by atoms with Crippen LogP contribution in [0.1, 0.15) is 19.4 Å². The van der Waals surface area contributed by atoms with Crippen molar-refractivity contribution in [2.45, 2.75) is 20.4 Å². The second-order valence-corrected chi connectivity index (χ2v) is 5.37. The molecular weight excluding hydrogens is 269 g/mol. The van der Waals surface area contributed by atoms with Crippen molar-refractivity contribution < 1.29 is 14.2 Å². The highest BCUT2D eigenvalue weighted by Crippen LogP contribution is 2.20. The standard InChI is InChI=1S/C17H20FNO2/c1-12(2)11-21-15-5-3-4-14(9-15)19-10-13-6-7-17(20)16(18)8-13/h3-9,12,19-20H,10-11H2,1-2H3. The van der Waals surface area contributed by atoms with Crippen molar-refractivity contribution in [1.29, 1.82) is 0 Å². The number of rotatable bonds is 6. The molecule has 0 aromatic heterocycles. The zero-order valence-electron chi connectivity index (χ0n) is 12.3. The van der Waals surface area contributed by atoms with Gasteiger partial charge in [-0.2, -0.15) is 0 Å². The average molecular weight is 289 g/mol. The summed E-state index contributed by atoms with van der Waals surface area (Å²) in [6.45, 7) is 5.35. The van der Waals surface area contributed by atoms with E-state index in [0.29, 0.717) is 19.1 Å². The van der Waals surface area contributed by atoms with Gasteiger partial charge in [0.2, 0.25) is 0 Å². The molecule has 0 aliphatic carbocycles. The maximum Gasteiger partial charge on any atom is 0.165 e. The lowest BCUT2D eigenvalue weighted by molar-refractivity contribution is 0.271. The first-order chi connectivity index (χ1) is 10.0. The van der Waals surface area contributed by atoms with Crippen LogP contribution in [0, 0.1) is 11.7 Å². The highest BCUT2D eigenvalue weighted by Gasteiger charge is 2.02. The predicted molar refractivity (Wildman–Crippen MR) is 82.2 cm³/mol. The van der Waals surface area contributed by atoms with Crippen LogP contribution in [-0.4, -0.2) is 11.7 Å². The summed E-state index contributed by atoms with van der Waals surface area (Å²) in [5.74, 6) is 0.346. The summed E-state index contributed by atoms with van der Waals surface area (Å²) in [4.78, 5) is 0. The summed E-state index contributed by atoms with van der Waals surface area (Å²) in [5.41, 5.74) is 1.67. The van der Waals surface area contributed by atoms with E-state index in [1.54, 1.807) is 6.07 Å². The Hall–Kier alpha value is -2.23. The number of hydrogen-bond donors (Lipinski definition) is 2. The summed E-state index contributed by atoms with van der Waals surface area (Å²) >= 11 is 0. The fraction of sp³-hybridized carbons (Fsp3) is 0.294. The Morgan fingerprint density at radius 1 is 1.19 bits per heavy atom. The summed E-state index contributed by atoms with van der Waals surface area (Å²) in [6.07, 6.45) is 0. The van der Waals surface area contributed by atoms with Crippen molar-refractivity contribution in [3.63, 3.8) is 0 Å². The first kappa shape index (κ1) is 15.2. The molecule has 0 fully saturated rings. The molecule has 0 unspecified atom stereocenters. The van der Waals surface area contributed by atoms with Crippen molar-refractivity contribution in [3.05, 3.63) is 53.8 Å². The molecule has 0 heterocycles. The highest BCUT2D eigenvalue weighted by molar-refractivity contribution is 5.48. The van der Waals surface area contributed by atoms with Gasteiger partial charge in [0.1, 0.15) is 5.75 Å². The van der Waals surface area contributed by atoms with E-state index in [1.165, 1.54) is 12.1 Å². The fourth-order valence-corrected chi connectivity index (χ4v) is 1.82. The summed E-state index contributed by atoms with van der Waals surface area (Å²) in [5, 5.41) is 12.4. The molecule has 0 atom stereocenters. The molecule has 2 rings (SSSR count). The molecule has 0 saturated carbocycles. The van der Waals surface area contributed by atoms with Crippen molar-refractivity contribution in [1.82, 2.24) is 0 Å². The minimum atomic E-state index is -0.608. The van der Waals surface area contributed by atoms with Gasteiger partial charge in [0.15, 0.2) is 11.6 Å². The van der Waals surface area contributed by atoms with Crippen LogP contribution in [0.3, 0.4) is 0 Å². The van der Waals surface area contributed by atoms with E-state index < -0.39 is 5.82 Å². The molecule has 2 aromatic carbocycles. The van der Waals surface area contributed by atoms with Gasteiger partial charge in [0.05, 0.1) is 6.61 Å². The van der Waals surface area contributed by atoms with Gasteiger partial charge in [-0.05, 0) is 35.7 Å². The van der Waals surface area contributed by atoms with Gasteiger partial charge in [-0.25, -0.2) is 4.39 Å². The van der Waals surface area contributed by atoms with E-state index in [2.05, 4.69) is 19.2 Å². The van der Waals surface area contributed by atoms with Crippen LogP contribution in [0.4, 0.5) is 10.1 Å². The number of nitrogens with one attached hydrogen (secondary N) is 1. The lowest BCUT2D eigenvalue weighted by atomic mass is 10.2. The van der Waals surface area contributed by atoms with E-state index in [4.69, 9.17) is 9.84 Å². The third-order valence-electron chi connectivity index (χ3n) is 2.93. The topological polar surface area (TPSA) is 41.5 Å². The number of aromatic hydroxyl groups is 1. The molecule has 0 aliphatic rings. The Balaban J connectivity index is 1.96. The van der Waals surface area contributed by atoms with Crippen molar-refractivity contribution in [3.8, 4) is 11.5 Å². The van der Waals surface area contributed by atoms with Crippen molar-refractivity contribution in [2.24, 2.45) is 5.92 Å². The smallest absolute Gasteiger partial charge is 0.165 e. The number of anilines is 1. The van der Waals surface area contributed by atoms with Crippen molar-refractivity contribution >= 4 is 5.69 Å². The summed E-state index contributed by atoms with van der Waals surface area (Å²) in [7, 11) is 0. The van der Waals surface area contributed by atoms with E-state index >= 15 is 0 Å². The largest absolute Gasteiger partial charge is 0.505 e. The maximum absolute atomic E-state index is 13.2. The molecule has 0 spiro atoms. The highest BCUT2D eigenvalue weighted by atomic mass is 19.1. The maximum atomic E-state index is 13.2. The number of benzene rings is 2. The van der Waals surface area contributed by atoms with Gasteiger partial charge in [-0.15, -0.1) is 0 Å². The molecule has 2 N–H and O–H groups in total. The number of phenolic OH excluding ortho intramolecular Hbond substituents is 1. The molecule has 0 radical (unpaired) electrons. The Morgan fingerprint density at radius 3 is 2.71 bits per heavy atom. The zero-order chi connectivity index (χ0) is 15.2. The summed E-state index contributed by atoms with van der Waals surface area (Å²) in [6, 6.07) is 12.0. The molecule has 21 heavy (non-hydrogen) atoms. The second kappa shape index (κ2) is 6.97. The number of hydrogen-bond acceptors (Lipinski definition) is 3. The lowest BCUT2D eigenvalue weighted by Gasteiger charge is -2.11. The second-order valence-electron chi connectivity index (χ2n) is 5.37. The normalized spacial score (nSPS) is 10.7. The van der Waals surface area contributed by atoms with Crippen LogP contribution in [0.15, 0.2) is 42.5 Å². The molecule has 0 aliphatic heterocycles. The van der Waals surface area contributed by atoms with E-state index in [0.717, 1.165) is 17.0 Å². The third-order valence-corrected chi connectivity index (χ3v) is 2.93. The van der Waals surface area contributed by atoms with Crippen LogP contribution in [-0.2, 0) is 6.54 Å². The van der Waals surface area contributed by atoms with E-state index in [-0.39, 0.29) is 5.75 Å². The number of phenols is 1. The first-order valence-corrected chi connectivity index (χ1v) is 6.98. The third kappa shape index (κ3) is 4.67. The van der Waals surface area contributed by atoms with Gasteiger partial charge in [-0.3, -0.25) is 0 Å². The van der Waals surface area contributed by atoms with Crippen LogP contribution in [0.2, 0.25) is 0 Å². The SMILES string of the molecule is CC(C)COc1cccc(NCc2ccc(O)c(F)c2)c1. The van der Waals surface area contributed by atoms with Gasteiger partial charge < -0.3 is 15.2 Å². The van der Waals surface area contributed by atoms with Gasteiger partial charge in [0, 0.05) is 18.3 Å². The number of ether oxygens (including phenoxy) is 1. The molecule has 0 bridgehead atoms. The van der Waals surface area contributed by atoms with E-state index in [9.17, 15) is 4.39 Å². The predicted octanol–water partition coefficient (Wildman–Crippen LogP) is 4.18. The van der Waals surface area contributed by atoms with Gasteiger partial charge >= 0.3 is 0 Å². The Bertz CT molecular complexity index is 599. The van der Waals surface area contributed by atoms with Crippen LogP contribution >= 0.6 is 0 Å². The number of halogens is 1. The van der Waals surface area contributed by atoms with Crippen LogP contribution in [0.25, 0.3) is 0 Å². The van der Waals surface area contributed by atoms with Gasteiger partial charge in [0.25, 0.3) is 0 Å². The molecule has 4 heteroatoms. The molecular formula is C17H20FNO2. The fourth-order valence-electron chi connectivity index (χ4n) is 1.82. The molecule has 3 nitrogen and oxygen atoms in total. The molecule has 112 valence electrons. The summed E-state index contributed by atoms with van der Waals surface area (Å²) < 4.78 is 18.9. The van der Waals surface area contributed by atoms with Crippen LogP contribution in [0.5, 0.6) is 11.5 Å². The zero-order valence-corrected chi connectivity index (χ0v) is 12.3. The van der Waals surface area contributed by atoms with E-state index in [1.807, 2.05) is 24.3 Å². The quantitative estimate of drug-likeness (QED) is 0.838. The van der Waals surface area contributed by atoms with Gasteiger partial charge in [-0.1, -0.05) is 26.0 Å². The Morgan fingerprint density at radius 2 is 2.00 bits per heavy atom. The molecule has 0 amide bonds. The minimum Gasteiger partial charge on any atom is -0.505 e. The Kier molecular flexibility index (Phi) is 5.04. The molecule has 2 aromatic rings. The molecule has 0 saturated heterocycles. The minimum absolute atomic E-state index is 0.331. The lowest BCUT2D eigenvalue weighted by Crippen LogP contribution is -2.05. The monoisotopic (exact) mass is 289 g/mol. The average Bonchev–Trinajstić information content (AvgIpc) is 2.47. The Labute approximate surface area is 124 Å².